The molecule has 0 radical (unpaired) electrons. The molecule has 2 aromatic carbocycles. The molecule has 1 spiro atoms. The zero-order valence-electron chi connectivity index (χ0n) is 14.7. The number of nitrogens with one attached hydrogen (secondary N) is 1. The molecule has 28 heavy (non-hydrogen) atoms. The number of benzene rings is 2. The third-order valence-electron chi connectivity index (χ3n) is 5.01. The van der Waals surface area contributed by atoms with Gasteiger partial charge in [-0.2, -0.15) is 4.31 Å². The zero-order valence-corrected chi connectivity index (χ0v) is 16.3. The summed E-state index contributed by atoms with van der Waals surface area (Å²) >= 11 is 5.89. The van der Waals surface area contributed by atoms with E-state index in [4.69, 9.17) is 11.6 Å². The van der Waals surface area contributed by atoms with Crippen molar-refractivity contribution in [1.82, 2.24) is 9.62 Å². The van der Waals surface area contributed by atoms with Crippen LogP contribution in [0.1, 0.15) is 18.4 Å². The van der Waals surface area contributed by atoms with Gasteiger partial charge >= 0.3 is 0 Å². The first-order valence-corrected chi connectivity index (χ1v) is 10.6. The first-order valence-electron chi connectivity index (χ1n) is 8.74. The minimum Gasteiger partial charge on any atom is -0.326 e. The number of halogens is 2. The van der Waals surface area contributed by atoms with Gasteiger partial charge in [0.05, 0.1) is 0 Å². The smallest absolute Gasteiger partial charge is 0.272 e. The van der Waals surface area contributed by atoms with E-state index >= 15 is 0 Å². The molecule has 1 fully saturated rings. The Bertz CT molecular complexity index is 1060. The number of hydrogen-bond acceptors (Lipinski definition) is 4. The van der Waals surface area contributed by atoms with Crippen LogP contribution < -0.4 is 5.32 Å². The Morgan fingerprint density at radius 2 is 1.71 bits per heavy atom. The third-order valence-corrected chi connectivity index (χ3v) is 7.19. The molecule has 2 heterocycles. The average Bonchev–Trinajstić information content (AvgIpc) is 2.98. The van der Waals surface area contributed by atoms with Crippen LogP contribution in [-0.2, 0) is 14.8 Å². The van der Waals surface area contributed by atoms with Crippen molar-refractivity contribution < 1.29 is 17.6 Å². The molecule has 4 rings (SSSR count). The van der Waals surface area contributed by atoms with E-state index < -0.39 is 21.5 Å². The largest absolute Gasteiger partial charge is 0.326 e. The van der Waals surface area contributed by atoms with Gasteiger partial charge in [-0.3, -0.25) is 9.79 Å². The van der Waals surface area contributed by atoms with Gasteiger partial charge in [0.15, 0.2) is 0 Å². The quantitative estimate of drug-likeness (QED) is 0.827. The van der Waals surface area contributed by atoms with Crippen LogP contribution in [0, 0.1) is 5.82 Å². The highest BCUT2D eigenvalue weighted by Crippen LogP contribution is 2.32. The molecular formula is C19H17ClFN3O3S. The summed E-state index contributed by atoms with van der Waals surface area (Å²) in [5, 5.41) is 3.44. The van der Waals surface area contributed by atoms with Crippen molar-refractivity contribution in [2.45, 2.75) is 23.4 Å². The number of piperidine rings is 1. The second-order valence-electron chi connectivity index (χ2n) is 6.79. The second kappa shape index (κ2) is 6.95. The van der Waals surface area contributed by atoms with E-state index in [1.807, 2.05) is 0 Å². The lowest BCUT2D eigenvalue weighted by Crippen LogP contribution is -2.52. The Morgan fingerprint density at radius 3 is 2.36 bits per heavy atom. The molecule has 146 valence electrons. The number of sulfonamides is 1. The summed E-state index contributed by atoms with van der Waals surface area (Å²) in [7, 11) is -3.94. The molecule has 2 aliphatic heterocycles. The van der Waals surface area contributed by atoms with Gasteiger partial charge in [0, 0.05) is 36.5 Å². The predicted octanol–water partition coefficient (Wildman–Crippen LogP) is 2.58. The summed E-state index contributed by atoms with van der Waals surface area (Å²) in [5.41, 5.74) is 0.120. The highest BCUT2D eigenvalue weighted by atomic mass is 35.5. The summed E-state index contributed by atoms with van der Waals surface area (Å²) < 4.78 is 40.7. The Kier molecular flexibility index (Phi) is 4.73. The van der Waals surface area contributed by atoms with Gasteiger partial charge in [-0.15, -0.1) is 0 Å². The minimum atomic E-state index is -3.94. The van der Waals surface area contributed by atoms with Crippen LogP contribution in [0.3, 0.4) is 0 Å². The van der Waals surface area contributed by atoms with Gasteiger partial charge in [0.25, 0.3) is 5.91 Å². The molecule has 6 nitrogen and oxygen atoms in total. The Hall–Kier alpha value is -2.29. The normalized spacial score (nSPS) is 19.5. The van der Waals surface area contributed by atoms with Crippen LogP contribution in [-0.4, -0.2) is 43.1 Å². The van der Waals surface area contributed by atoms with E-state index in [0.717, 1.165) is 6.07 Å². The lowest BCUT2D eigenvalue weighted by Gasteiger charge is -2.36. The SMILES string of the molecule is O=C1NC2(CCN(S(=O)(=O)c3ccccc3F)CC2)N=C1c1ccc(Cl)cc1. The lowest BCUT2D eigenvalue weighted by molar-refractivity contribution is -0.115. The van der Waals surface area contributed by atoms with Crippen molar-refractivity contribution >= 4 is 33.2 Å². The summed E-state index contributed by atoms with van der Waals surface area (Å²) in [4.78, 5) is 16.7. The van der Waals surface area contributed by atoms with Gasteiger partial charge in [-0.25, -0.2) is 12.8 Å². The van der Waals surface area contributed by atoms with Gasteiger partial charge < -0.3 is 5.32 Å². The number of carbonyl (C=O) groups is 1. The van der Waals surface area contributed by atoms with Crippen molar-refractivity contribution in [2.75, 3.05) is 13.1 Å². The molecular weight excluding hydrogens is 405 g/mol. The van der Waals surface area contributed by atoms with Crippen LogP contribution >= 0.6 is 11.6 Å². The van der Waals surface area contributed by atoms with E-state index in [2.05, 4.69) is 10.3 Å². The van der Waals surface area contributed by atoms with Crippen molar-refractivity contribution in [3.63, 3.8) is 0 Å². The third kappa shape index (κ3) is 3.32. The molecule has 1 N–H and O–H groups in total. The molecule has 0 aromatic heterocycles. The summed E-state index contributed by atoms with van der Waals surface area (Å²) in [5.74, 6) is -1.08. The van der Waals surface area contributed by atoms with Gasteiger partial charge in [-0.1, -0.05) is 35.9 Å². The first kappa shape index (κ1) is 19.0. The number of rotatable bonds is 3. The first-order chi connectivity index (χ1) is 13.3. The second-order valence-corrected chi connectivity index (χ2v) is 9.13. The Balaban J connectivity index is 1.55. The van der Waals surface area contributed by atoms with E-state index in [1.165, 1.54) is 22.5 Å². The molecule has 1 saturated heterocycles. The molecule has 0 bridgehead atoms. The Labute approximate surface area is 167 Å². The molecule has 0 aliphatic carbocycles. The molecule has 1 amide bonds. The maximum absolute atomic E-state index is 14.0. The van der Waals surface area contributed by atoms with Gasteiger partial charge in [0.1, 0.15) is 22.1 Å². The standard InChI is InChI=1S/C19H17ClFN3O3S/c20-14-7-5-13(6-8-14)17-18(25)23-19(22-17)9-11-24(12-10-19)28(26,27)16-4-2-1-3-15(16)21/h1-8H,9-12H2,(H,23,25). The number of amides is 1. The number of carbonyl (C=O) groups excluding carboxylic acids is 1. The molecule has 0 atom stereocenters. The lowest BCUT2D eigenvalue weighted by atomic mass is 10.00. The molecule has 2 aliphatic rings. The molecule has 0 saturated carbocycles. The van der Waals surface area contributed by atoms with Crippen LogP contribution in [0.5, 0.6) is 0 Å². The van der Waals surface area contributed by atoms with Crippen molar-refractivity contribution in [3.05, 3.63) is 64.9 Å². The number of hydrogen-bond donors (Lipinski definition) is 1. The molecule has 9 heteroatoms. The van der Waals surface area contributed by atoms with Gasteiger partial charge in [0.2, 0.25) is 10.0 Å². The van der Waals surface area contributed by atoms with E-state index in [-0.39, 0.29) is 23.9 Å². The van der Waals surface area contributed by atoms with E-state index in [9.17, 15) is 17.6 Å². The maximum Gasteiger partial charge on any atom is 0.272 e. The fourth-order valence-electron chi connectivity index (χ4n) is 3.49. The number of aliphatic imine (C=N–C) groups is 1. The molecule has 2 aromatic rings. The fraction of sp³-hybridized carbons (Fsp3) is 0.263. The van der Waals surface area contributed by atoms with Crippen molar-refractivity contribution in [3.8, 4) is 0 Å². The molecule has 0 unspecified atom stereocenters. The topological polar surface area (TPSA) is 78.8 Å². The summed E-state index contributed by atoms with van der Waals surface area (Å²) in [6.45, 7) is 0.267. The minimum absolute atomic E-state index is 0.133. The maximum atomic E-state index is 14.0. The van der Waals surface area contributed by atoms with Crippen LogP contribution in [0.4, 0.5) is 4.39 Å². The van der Waals surface area contributed by atoms with E-state index in [0.29, 0.717) is 29.1 Å². The predicted molar refractivity (Wildman–Crippen MR) is 103 cm³/mol. The van der Waals surface area contributed by atoms with E-state index in [1.54, 1.807) is 24.3 Å². The highest BCUT2D eigenvalue weighted by Gasteiger charge is 2.44. The fourth-order valence-corrected chi connectivity index (χ4v) is 5.13. The van der Waals surface area contributed by atoms with Crippen molar-refractivity contribution in [1.29, 1.82) is 0 Å². The summed E-state index contributed by atoms with van der Waals surface area (Å²) in [6.07, 6.45) is 0.618. The van der Waals surface area contributed by atoms with Crippen LogP contribution in [0.2, 0.25) is 5.02 Å². The zero-order chi connectivity index (χ0) is 19.9. The Morgan fingerprint density at radius 1 is 1.07 bits per heavy atom. The highest BCUT2D eigenvalue weighted by molar-refractivity contribution is 7.89. The van der Waals surface area contributed by atoms with Crippen LogP contribution in [0.25, 0.3) is 0 Å². The average molecular weight is 422 g/mol. The van der Waals surface area contributed by atoms with Gasteiger partial charge in [-0.05, 0) is 24.3 Å². The monoisotopic (exact) mass is 421 g/mol. The number of nitrogens with zero attached hydrogens (tertiary/aromatic N) is 2. The van der Waals surface area contributed by atoms with Crippen LogP contribution in [0.15, 0.2) is 58.4 Å². The summed E-state index contributed by atoms with van der Waals surface area (Å²) in [6, 6.07) is 12.1. The van der Waals surface area contributed by atoms with Crippen molar-refractivity contribution in [2.24, 2.45) is 4.99 Å².